The van der Waals surface area contributed by atoms with Crippen LogP contribution in [0.2, 0.25) is 0 Å². The number of aliphatic hydroxyl groups is 1. The number of urea groups is 1. The van der Waals surface area contributed by atoms with Crippen molar-refractivity contribution in [1.29, 1.82) is 0 Å². The van der Waals surface area contributed by atoms with Gasteiger partial charge in [0.25, 0.3) is 0 Å². The minimum atomic E-state index is -0.239. The van der Waals surface area contributed by atoms with Crippen LogP contribution in [-0.2, 0) is 4.74 Å². The molecular formula is C16H20N2O3. The van der Waals surface area contributed by atoms with Crippen molar-refractivity contribution in [3.63, 3.8) is 0 Å². The zero-order valence-corrected chi connectivity index (χ0v) is 12.1. The maximum absolute atomic E-state index is 12.2. The highest BCUT2D eigenvalue weighted by Gasteiger charge is 2.12. The molecule has 0 radical (unpaired) electrons. The van der Waals surface area contributed by atoms with Crippen molar-refractivity contribution in [2.45, 2.75) is 0 Å². The van der Waals surface area contributed by atoms with Crippen LogP contribution < -0.4 is 5.32 Å². The largest absolute Gasteiger partial charge is 0.395 e. The van der Waals surface area contributed by atoms with Crippen molar-refractivity contribution in [2.24, 2.45) is 0 Å². The Morgan fingerprint density at radius 1 is 1.19 bits per heavy atom. The summed E-state index contributed by atoms with van der Waals surface area (Å²) in [6.07, 6.45) is 0. The van der Waals surface area contributed by atoms with Crippen molar-refractivity contribution in [3.8, 4) is 0 Å². The standard InChI is InChI=1S/C16H20N2O3/c1-21-11-9-18(8-10-19)16(20)17-15-7-6-13-4-2-3-5-14(13)12-15/h2-7,12,19H,8-11H2,1H3,(H,17,20). The second kappa shape index (κ2) is 7.61. The average Bonchev–Trinajstić information content (AvgIpc) is 2.51. The van der Waals surface area contributed by atoms with E-state index in [1.54, 1.807) is 7.11 Å². The number of rotatable bonds is 6. The Morgan fingerprint density at radius 3 is 2.67 bits per heavy atom. The van der Waals surface area contributed by atoms with Crippen molar-refractivity contribution in [2.75, 3.05) is 38.7 Å². The SMILES string of the molecule is COCCN(CCO)C(=O)Nc1ccc2ccccc2c1. The molecule has 5 nitrogen and oxygen atoms in total. The van der Waals surface area contributed by atoms with E-state index >= 15 is 0 Å². The van der Waals surface area contributed by atoms with Crippen molar-refractivity contribution < 1.29 is 14.6 Å². The third-order valence-corrected chi connectivity index (χ3v) is 3.22. The summed E-state index contributed by atoms with van der Waals surface area (Å²) < 4.78 is 4.97. The lowest BCUT2D eigenvalue weighted by Crippen LogP contribution is -2.39. The summed E-state index contributed by atoms with van der Waals surface area (Å²) in [6.45, 7) is 1.08. The maximum atomic E-state index is 12.2. The lowest BCUT2D eigenvalue weighted by atomic mass is 10.1. The number of ether oxygens (including phenoxy) is 1. The van der Waals surface area contributed by atoms with Gasteiger partial charge in [0.1, 0.15) is 0 Å². The molecule has 0 aliphatic carbocycles. The summed E-state index contributed by atoms with van der Waals surface area (Å²) in [7, 11) is 1.58. The van der Waals surface area contributed by atoms with E-state index in [0.29, 0.717) is 13.2 Å². The minimum absolute atomic E-state index is 0.0745. The number of hydrogen-bond acceptors (Lipinski definition) is 3. The van der Waals surface area contributed by atoms with E-state index in [-0.39, 0.29) is 19.2 Å². The molecule has 0 aromatic heterocycles. The number of amides is 2. The highest BCUT2D eigenvalue weighted by Crippen LogP contribution is 2.19. The topological polar surface area (TPSA) is 61.8 Å². The third-order valence-electron chi connectivity index (χ3n) is 3.22. The smallest absolute Gasteiger partial charge is 0.321 e. The fourth-order valence-corrected chi connectivity index (χ4v) is 2.11. The van der Waals surface area contributed by atoms with E-state index in [0.717, 1.165) is 16.5 Å². The van der Waals surface area contributed by atoms with Gasteiger partial charge in [-0.15, -0.1) is 0 Å². The Balaban J connectivity index is 2.08. The summed E-state index contributed by atoms with van der Waals surface area (Å²) >= 11 is 0. The Bertz CT molecular complexity index is 601. The molecule has 0 heterocycles. The normalized spacial score (nSPS) is 10.6. The maximum Gasteiger partial charge on any atom is 0.321 e. The lowest BCUT2D eigenvalue weighted by molar-refractivity contribution is 0.142. The molecule has 0 saturated heterocycles. The van der Waals surface area contributed by atoms with Gasteiger partial charge in [0.15, 0.2) is 0 Å². The van der Waals surface area contributed by atoms with Crippen LogP contribution in [-0.4, -0.2) is 49.5 Å². The number of nitrogens with one attached hydrogen (secondary N) is 1. The van der Waals surface area contributed by atoms with Gasteiger partial charge in [-0.3, -0.25) is 0 Å². The Hall–Kier alpha value is -2.11. The average molecular weight is 288 g/mol. The highest BCUT2D eigenvalue weighted by molar-refractivity contribution is 5.93. The first-order valence-corrected chi connectivity index (χ1v) is 6.89. The monoisotopic (exact) mass is 288 g/mol. The summed E-state index contributed by atoms with van der Waals surface area (Å²) in [5.41, 5.74) is 0.735. The zero-order valence-electron chi connectivity index (χ0n) is 12.1. The summed E-state index contributed by atoms with van der Waals surface area (Å²) in [6, 6.07) is 13.5. The predicted octanol–water partition coefficient (Wildman–Crippen LogP) is 2.31. The molecule has 0 aliphatic rings. The molecule has 0 aliphatic heterocycles. The van der Waals surface area contributed by atoms with E-state index in [9.17, 15) is 4.79 Å². The summed E-state index contributed by atoms with van der Waals surface area (Å²) in [4.78, 5) is 13.7. The lowest BCUT2D eigenvalue weighted by Gasteiger charge is -2.21. The first-order valence-electron chi connectivity index (χ1n) is 6.89. The van der Waals surface area contributed by atoms with E-state index < -0.39 is 0 Å². The Morgan fingerprint density at radius 2 is 1.95 bits per heavy atom. The van der Waals surface area contributed by atoms with Gasteiger partial charge < -0.3 is 20.1 Å². The number of hydrogen-bond donors (Lipinski definition) is 2. The molecule has 2 N–H and O–H groups in total. The van der Waals surface area contributed by atoms with Crippen molar-refractivity contribution in [3.05, 3.63) is 42.5 Å². The molecule has 0 saturated carbocycles. The van der Waals surface area contributed by atoms with Gasteiger partial charge >= 0.3 is 6.03 Å². The molecule has 0 atom stereocenters. The second-order valence-corrected chi connectivity index (χ2v) is 4.70. The van der Waals surface area contributed by atoms with Gasteiger partial charge in [-0.1, -0.05) is 30.3 Å². The number of methoxy groups -OCH3 is 1. The van der Waals surface area contributed by atoms with Crippen LogP contribution in [0.4, 0.5) is 10.5 Å². The molecule has 0 bridgehead atoms. The fraction of sp³-hybridized carbons (Fsp3) is 0.312. The van der Waals surface area contributed by atoms with Gasteiger partial charge in [-0.2, -0.15) is 0 Å². The van der Waals surface area contributed by atoms with Crippen LogP contribution in [0.5, 0.6) is 0 Å². The van der Waals surface area contributed by atoms with Crippen molar-refractivity contribution >= 4 is 22.5 Å². The molecule has 21 heavy (non-hydrogen) atoms. The van der Waals surface area contributed by atoms with Gasteiger partial charge in [0, 0.05) is 25.9 Å². The van der Waals surface area contributed by atoms with E-state index in [2.05, 4.69) is 5.32 Å². The first-order chi connectivity index (χ1) is 10.2. The van der Waals surface area contributed by atoms with Gasteiger partial charge in [0.05, 0.1) is 13.2 Å². The van der Waals surface area contributed by atoms with Crippen LogP contribution in [0.25, 0.3) is 10.8 Å². The quantitative estimate of drug-likeness (QED) is 0.857. The van der Waals surface area contributed by atoms with Gasteiger partial charge in [-0.05, 0) is 22.9 Å². The van der Waals surface area contributed by atoms with Crippen LogP contribution in [0.1, 0.15) is 0 Å². The number of aliphatic hydroxyl groups excluding tert-OH is 1. The van der Waals surface area contributed by atoms with Crippen LogP contribution >= 0.6 is 0 Å². The molecule has 0 fully saturated rings. The fourth-order valence-electron chi connectivity index (χ4n) is 2.11. The van der Waals surface area contributed by atoms with Crippen LogP contribution in [0, 0.1) is 0 Å². The Labute approximate surface area is 124 Å². The molecule has 2 amide bonds. The van der Waals surface area contributed by atoms with E-state index in [4.69, 9.17) is 9.84 Å². The molecule has 2 aromatic carbocycles. The minimum Gasteiger partial charge on any atom is -0.395 e. The number of carbonyl (C=O) groups excluding carboxylic acids is 1. The van der Waals surface area contributed by atoms with Gasteiger partial charge in [0.2, 0.25) is 0 Å². The number of carbonyl (C=O) groups is 1. The van der Waals surface area contributed by atoms with Crippen molar-refractivity contribution in [1.82, 2.24) is 4.90 Å². The number of anilines is 1. The highest BCUT2D eigenvalue weighted by atomic mass is 16.5. The molecular weight excluding hydrogens is 268 g/mol. The number of benzene rings is 2. The number of nitrogens with zero attached hydrogens (tertiary/aromatic N) is 1. The summed E-state index contributed by atoms with van der Waals surface area (Å²) in [5.74, 6) is 0. The molecule has 2 aromatic rings. The van der Waals surface area contributed by atoms with Crippen LogP contribution in [0.3, 0.4) is 0 Å². The molecule has 5 heteroatoms. The zero-order chi connectivity index (χ0) is 15.1. The van der Waals surface area contributed by atoms with Gasteiger partial charge in [-0.25, -0.2) is 4.79 Å². The van der Waals surface area contributed by atoms with E-state index in [1.807, 2.05) is 42.5 Å². The summed E-state index contributed by atoms with van der Waals surface area (Å²) in [5, 5.41) is 14.1. The first kappa shape index (κ1) is 15.3. The molecule has 0 unspecified atom stereocenters. The second-order valence-electron chi connectivity index (χ2n) is 4.70. The van der Waals surface area contributed by atoms with Crippen LogP contribution in [0.15, 0.2) is 42.5 Å². The third kappa shape index (κ3) is 4.18. The molecule has 2 rings (SSSR count). The molecule has 112 valence electrons. The Kier molecular flexibility index (Phi) is 5.54. The predicted molar refractivity (Wildman–Crippen MR) is 83.5 cm³/mol. The number of fused-ring (bicyclic) bond motifs is 1. The molecule has 0 spiro atoms. The van der Waals surface area contributed by atoms with E-state index in [1.165, 1.54) is 4.90 Å².